The Morgan fingerprint density at radius 2 is 1.38 bits per heavy atom. The molecular formula is C11H14N6O4. The van der Waals surface area contributed by atoms with Gasteiger partial charge in [-0.05, 0) is 24.6 Å². The molecule has 0 saturated carbocycles. The Kier molecular flexibility index (Phi) is 11.0. The summed E-state index contributed by atoms with van der Waals surface area (Å²) < 4.78 is 0. The van der Waals surface area contributed by atoms with Crippen LogP contribution >= 0.6 is 0 Å². The summed E-state index contributed by atoms with van der Waals surface area (Å²) in [4.78, 5) is 44.8. The Bertz CT molecular complexity index is 568. The third-order valence-electron chi connectivity index (χ3n) is 1.53. The Morgan fingerprint density at radius 3 is 1.76 bits per heavy atom. The lowest BCUT2D eigenvalue weighted by Crippen LogP contribution is -2.18. The maximum absolute atomic E-state index is 10.00. The van der Waals surface area contributed by atoms with E-state index in [1.807, 2.05) is 0 Å². The fraction of sp³-hybridized carbons (Fsp3) is 0.0909. The lowest BCUT2D eigenvalue weighted by atomic mass is 10.2. The zero-order chi connectivity index (χ0) is 16.8. The number of hydrogen-bond donors (Lipinski definition) is 4. The molecule has 0 radical (unpaired) electrons. The van der Waals surface area contributed by atoms with Crippen LogP contribution in [0.2, 0.25) is 0 Å². The summed E-state index contributed by atoms with van der Waals surface area (Å²) in [6, 6.07) is 3.21. The second-order valence-electron chi connectivity index (χ2n) is 3.18. The Hall–Kier alpha value is -3.48. The molecule has 0 aromatic heterocycles. The molecule has 4 amide bonds. The van der Waals surface area contributed by atoms with E-state index in [0.29, 0.717) is 11.4 Å². The van der Waals surface area contributed by atoms with E-state index in [2.05, 4.69) is 32.9 Å². The minimum absolute atomic E-state index is 0.426. The average molecular weight is 294 g/mol. The first-order valence-corrected chi connectivity index (χ1v) is 5.10. The number of carbonyl (C=O) groups is 2. The molecule has 1 aromatic rings. The number of aryl methyl sites for hydroxylation is 1. The molecule has 1 aromatic carbocycles. The van der Waals surface area contributed by atoms with Gasteiger partial charge in [0.05, 0.1) is 11.4 Å². The molecule has 21 heavy (non-hydrogen) atoms. The van der Waals surface area contributed by atoms with Gasteiger partial charge in [-0.15, -0.1) is 0 Å². The number of isocyanates is 2. The highest BCUT2D eigenvalue weighted by Crippen LogP contribution is 2.23. The molecule has 0 bridgehead atoms. The first-order chi connectivity index (χ1) is 9.74. The maximum atomic E-state index is 10.00. The van der Waals surface area contributed by atoms with E-state index >= 15 is 0 Å². The molecule has 10 nitrogen and oxygen atoms in total. The van der Waals surface area contributed by atoms with Crippen molar-refractivity contribution >= 4 is 35.6 Å². The molecule has 0 aliphatic rings. The van der Waals surface area contributed by atoms with E-state index in [0.717, 1.165) is 5.56 Å². The molecule has 112 valence electrons. The summed E-state index contributed by atoms with van der Waals surface area (Å²) in [5.74, 6) is 0. The van der Waals surface area contributed by atoms with E-state index in [1.54, 1.807) is 19.1 Å². The molecule has 0 unspecified atom stereocenters. The smallest absolute Gasteiger partial charge is 0.309 e. The van der Waals surface area contributed by atoms with Crippen molar-refractivity contribution in [2.24, 2.45) is 32.9 Å². The highest BCUT2D eigenvalue weighted by Gasteiger charge is 1.97. The van der Waals surface area contributed by atoms with E-state index in [-0.39, 0.29) is 0 Å². The quantitative estimate of drug-likeness (QED) is 0.439. The van der Waals surface area contributed by atoms with Gasteiger partial charge in [0, 0.05) is 0 Å². The van der Waals surface area contributed by atoms with Crippen LogP contribution in [-0.4, -0.2) is 24.2 Å². The Morgan fingerprint density at radius 1 is 0.952 bits per heavy atom. The SMILES string of the molecule is Cc1ccc(N=C=O)cc1N=C=O.NC(N)=O.NC(N)=O. The van der Waals surface area contributed by atoms with Gasteiger partial charge in [-0.25, -0.2) is 19.2 Å². The summed E-state index contributed by atoms with van der Waals surface area (Å²) in [6.07, 6.45) is 2.84. The van der Waals surface area contributed by atoms with Gasteiger partial charge in [-0.1, -0.05) is 6.07 Å². The fourth-order valence-corrected chi connectivity index (χ4v) is 0.890. The maximum Gasteiger partial charge on any atom is 0.309 e. The van der Waals surface area contributed by atoms with Crippen LogP contribution in [-0.2, 0) is 9.59 Å². The van der Waals surface area contributed by atoms with E-state index in [4.69, 9.17) is 9.59 Å². The van der Waals surface area contributed by atoms with Crippen LogP contribution < -0.4 is 22.9 Å². The molecule has 0 heterocycles. The number of urea groups is 2. The van der Waals surface area contributed by atoms with Crippen LogP contribution in [0.4, 0.5) is 21.0 Å². The first-order valence-electron chi connectivity index (χ1n) is 5.10. The number of carbonyl (C=O) groups excluding carboxylic acids is 4. The summed E-state index contributed by atoms with van der Waals surface area (Å²) in [7, 11) is 0. The van der Waals surface area contributed by atoms with Crippen molar-refractivity contribution in [1.82, 2.24) is 0 Å². The second kappa shape index (κ2) is 11.6. The topological polar surface area (TPSA) is 197 Å². The van der Waals surface area contributed by atoms with Gasteiger partial charge in [0.25, 0.3) is 0 Å². The van der Waals surface area contributed by atoms with Crippen molar-refractivity contribution in [2.45, 2.75) is 6.92 Å². The molecule has 0 saturated heterocycles. The van der Waals surface area contributed by atoms with Crippen LogP contribution in [0.1, 0.15) is 5.56 Å². The second-order valence-corrected chi connectivity index (χ2v) is 3.18. The molecule has 0 spiro atoms. The minimum atomic E-state index is -0.833. The number of nitrogens with two attached hydrogens (primary N) is 4. The number of aliphatic imine (C=N–C) groups is 2. The number of rotatable bonds is 2. The first kappa shape index (κ1) is 19.9. The van der Waals surface area contributed by atoms with Crippen LogP contribution in [0.3, 0.4) is 0 Å². The van der Waals surface area contributed by atoms with Gasteiger partial charge in [0.15, 0.2) is 0 Å². The van der Waals surface area contributed by atoms with Crippen LogP contribution in [0.15, 0.2) is 28.2 Å². The van der Waals surface area contributed by atoms with Gasteiger partial charge in [-0.2, -0.15) is 9.98 Å². The standard InChI is InChI=1S/C9H6N2O2.2CH4N2O/c1-7-2-3-8(10-5-12)4-9(7)11-6-13;2*2-1(3)4/h2-4H,1H3;2*(H4,2,3,4). The fourth-order valence-electron chi connectivity index (χ4n) is 0.890. The highest BCUT2D eigenvalue weighted by molar-refractivity contribution is 5.69. The summed E-state index contributed by atoms with van der Waals surface area (Å²) >= 11 is 0. The zero-order valence-electron chi connectivity index (χ0n) is 11.1. The summed E-state index contributed by atoms with van der Waals surface area (Å²) in [6.45, 7) is 1.80. The number of amides is 4. The average Bonchev–Trinajstić information content (AvgIpc) is 2.33. The minimum Gasteiger partial charge on any atom is -0.352 e. The van der Waals surface area contributed by atoms with Crippen molar-refractivity contribution in [1.29, 1.82) is 0 Å². The van der Waals surface area contributed by atoms with Gasteiger partial charge in [0.1, 0.15) is 0 Å². The van der Waals surface area contributed by atoms with Crippen LogP contribution in [0.25, 0.3) is 0 Å². The monoisotopic (exact) mass is 294 g/mol. The van der Waals surface area contributed by atoms with Crippen molar-refractivity contribution < 1.29 is 19.2 Å². The van der Waals surface area contributed by atoms with Crippen molar-refractivity contribution in [3.63, 3.8) is 0 Å². The lowest BCUT2D eigenvalue weighted by molar-refractivity contribution is 0.255. The molecular weight excluding hydrogens is 280 g/mol. The predicted octanol–water partition coefficient (Wildman–Crippen LogP) is -0.0228. The highest BCUT2D eigenvalue weighted by atomic mass is 16.2. The predicted molar refractivity (Wildman–Crippen MR) is 74.3 cm³/mol. The molecule has 0 atom stereocenters. The van der Waals surface area contributed by atoms with Gasteiger partial charge >= 0.3 is 12.1 Å². The Balaban J connectivity index is 0. The molecule has 1 rings (SSSR count). The third-order valence-corrected chi connectivity index (χ3v) is 1.53. The molecule has 0 aliphatic carbocycles. The number of primary amides is 4. The molecule has 10 heteroatoms. The third kappa shape index (κ3) is 14.5. The van der Waals surface area contributed by atoms with Crippen LogP contribution in [0, 0.1) is 6.92 Å². The summed E-state index contributed by atoms with van der Waals surface area (Å²) in [5, 5.41) is 0. The van der Waals surface area contributed by atoms with Crippen molar-refractivity contribution in [3.8, 4) is 0 Å². The van der Waals surface area contributed by atoms with E-state index < -0.39 is 12.1 Å². The zero-order valence-corrected chi connectivity index (χ0v) is 11.1. The van der Waals surface area contributed by atoms with Crippen molar-refractivity contribution in [3.05, 3.63) is 23.8 Å². The number of benzene rings is 1. The van der Waals surface area contributed by atoms with Gasteiger partial charge < -0.3 is 22.9 Å². The Labute approximate surface area is 119 Å². The van der Waals surface area contributed by atoms with Gasteiger partial charge in [0.2, 0.25) is 12.2 Å². The molecule has 8 N–H and O–H groups in total. The van der Waals surface area contributed by atoms with Gasteiger partial charge in [-0.3, -0.25) is 0 Å². The normalized spacial score (nSPS) is 7.48. The lowest BCUT2D eigenvalue weighted by Gasteiger charge is -1.97. The molecule has 0 fully saturated rings. The van der Waals surface area contributed by atoms with Crippen LogP contribution in [0.5, 0.6) is 0 Å². The molecule has 0 aliphatic heterocycles. The van der Waals surface area contributed by atoms with E-state index in [9.17, 15) is 9.59 Å². The number of nitrogens with zero attached hydrogens (tertiary/aromatic N) is 2. The number of hydrogen-bond acceptors (Lipinski definition) is 6. The largest absolute Gasteiger partial charge is 0.352 e. The van der Waals surface area contributed by atoms with E-state index in [1.165, 1.54) is 18.2 Å². The van der Waals surface area contributed by atoms with Crippen molar-refractivity contribution in [2.75, 3.05) is 0 Å². The summed E-state index contributed by atoms with van der Waals surface area (Å²) in [5.41, 5.74) is 18.7.